The first-order chi connectivity index (χ1) is 15.1. The number of amides is 3. The number of carbonyl (C=O) groups is 4. The predicted molar refractivity (Wildman–Crippen MR) is 125 cm³/mol. The first-order valence-corrected chi connectivity index (χ1v) is 11.9. The quantitative estimate of drug-likeness (QED) is 0.284. The van der Waals surface area contributed by atoms with E-state index >= 15 is 0 Å². The Morgan fingerprint density at radius 2 is 1.50 bits per heavy atom. The Hall–Kier alpha value is -2.59. The standard InChI is InChI=1S/C22H34N4O5S/c1-13(2)18(22(30)31)26-21(29)17(12-15-8-6-5-7-9-15)25-20(28)16(10-11-32-4)24-19(27)14(3)23/h5-9,13-14,16-18H,10-12,23H2,1-4H3,(H,24,27)(H,25,28)(H,26,29)(H,30,31). The van der Waals surface area contributed by atoms with Crippen molar-refractivity contribution < 1.29 is 24.3 Å². The number of hydrogen-bond acceptors (Lipinski definition) is 6. The fourth-order valence-electron chi connectivity index (χ4n) is 2.91. The molecule has 0 saturated carbocycles. The molecule has 0 spiro atoms. The summed E-state index contributed by atoms with van der Waals surface area (Å²) in [7, 11) is 0. The average Bonchev–Trinajstić information content (AvgIpc) is 2.74. The Balaban J connectivity index is 3.07. The van der Waals surface area contributed by atoms with Gasteiger partial charge in [-0.05, 0) is 36.8 Å². The molecule has 1 aromatic rings. The SMILES string of the molecule is CSCCC(NC(=O)C(C)N)C(=O)NC(Cc1ccccc1)C(=O)NC(C(=O)O)C(C)C. The second-order valence-corrected chi connectivity index (χ2v) is 8.94. The van der Waals surface area contributed by atoms with E-state index in [2.05, 4.69) is 16.0 Å². The van der Waals surface area contributed by atoms with Crippen LogP contribution in [0.3, 0.4) is 0 Å². The van der Waals surface area contributed by atoms with Gasteiger partial charge in [-0.1, -0.05) is 44.2 Å². The summed E-state index contributed by atoms with van der Waals surface area (Å²) in [6.45, 7) is 4.89. The number of thioether (sulfide) groups is 1. The number of carboxylic acid groups (broad SMARTS) is 1. The summed E-state index contributed by atoms with van der Waals surface area (Å²) in [5.41, 5.74) is 6.40. The molecule has 4 unspecified atom stereocenters. The third-order valence-corrected chi connectivity index (χ3v) is 5.45. The zero-order valence-electron chi connectivity index (χ0n) is 19.0. The number of carboxylic acids is 1. The Bertz CT molecular complexity index is 773. The van der Waals surface area contributed by atoms with Gasteiger partial charge >= 0.3 is 5.97 Å². The van der Waals surface area contributed by atoms with Crippen LogP contribution in [0.25, 0.3) is 0 Å². The van der Waals surface area contributed by atoms with Crippen LogP contribution in [0.1, 0.15) is 32.8 Å². The highest BCUT2D eigenvalue weighted by Crippen LogP contribution is 2.08. The van der Waals surface area contributed by atoms with E-state index < -0.39 is 47.9 Å². The lowest BCUT2D eigenvalue weighted by Crippen LogP contribution is -2.58. The van der Waals surface area contributed by atoms with Crippen molar-refractivity contribution in [1.82, 2.24) is 16.0 Å². The number of nitrogens with one attached hydrogen (secondary N) is 3. The zero-order chi connectivity index (χ0) is 24.3. The number of rotatable bonds is 13. The average molecular weight is 467 g/mol. The van der Waals surface area contributed by atoms with Gasteiger partial charge in [0.2, 0.25) is 17.7 Å². The molecule has 0 bridgehead atoms. The summed E-state index contributed by atoms with van der Waals surface area (Å²) in [5.74, 6) is -2.49. The summed E-state index contributed by atoms with van der Waals surface area (Å²) < 4.78 is 0. The van der Waals surface area contributed by atoms with Crippen LogP contribution in [0, 0.1) is 5.92 Å². The molecule has 0 aromatic heterocycles. The Labute approximate surface area is 193 Å². The summed E-state index contributed by atoms with van der Waals surface area (Å²) in [6.07, 6.45) is 2.40. The maximum Gasteiger partial charge on any atom is 0.326 e. The van der Waals surface area contributed by atoms with E-state index in [1.54, 1.807) is 13.8 Å². The summed E-state index contributed by atoms with van der Waals surface area (Å²) >= 11 is 1.52. The van der Waals surface area contributed by atoms with Crippen LogP contribution < -0.4 is 21.7 Å². The van der Waals surface area contributed by atoms with E-state index in [1.807, 2.05) is 36.6 Å². The van der Waals surface area contributed by atoms with E-state index in [1.165, 1.54) is 18.7 Å². The van der Waals surface area contributed by atoms with Gasteiger partial charge in [0, 0.05) is 6.42 Å². The van der Waals surface area contributed by atoms with Crippen molar-refractivity contribution in [1.29, 1.82) is 0 Å². The van der Waals surface area contributed by atoms with Crippen molar-refractivity contribution >= 4 is 35.5 Å². The molecule has 3 amide bonds. The number of hydrogen-bond donors (Lipinski definition) is 5. The number of benzene rings is 1. The molecule has 0 aliphatic heterocycles. The van der Waals surface area contributed by atoms with Gasteiger partial charge in [-0.3, -0.25) is 14.4 Å². The van der Waals surface area contributed by atoms with Gasteiger partial charge in [0.25, 0.3) is 0 Å². The topological polar surface area (TPSA) is 151 Å². The minimum atomic E-state index is -1.15. The minimum absolute atomic E-state index is 0.166. The van der Waals surface area contributed by atoms with Crippen molar-refractivity contribution in [2.24, 2.45) is 11.7 Å². The van der Waals surface area contributed by atoms with Crippen LogP contribution in [0.5, 0.6) is 0 Å². The summed E-state index contributed by atoms with van der Waals surface area (Å²) in [4.78, 5) is 49.5. The van der Waals surface area contributed by atoms with Gasteiger partial charge in [-0.15, -0.1) is 0 Å². The molecule has 4 atom stereocenters. The fourth-order valence-corrected chi connectivity index (χ4v) is 3.38. The highest BCUT2D eigenvalue weighted by atomic mass is 32.2. The highest BCUT2D eigenvalue weighted by Gasteiger charge is 2.31. The maximum atomic E-state index is 13.0. The molecule has 0 fully saturated rings. The number of aliphatic carboxylic acids is 1. The molecule has 0 aliphatic carbocycles. The predicted octanol–water partition coefficient (Wildman–Crippen LogP) is 0.524. The largest absolute Gasteiger partial charge is 0.480 e. The van der Waals surface area contributed by atoms with Crippen LogP contribution in [-0.4, -0.2) is 65.0 Å². The van der Waals surface area contributed by atoms with Crippen LogP contribution in [-0.2, 0) is 25.6 Å². The molecule has 1 aromatic carbocycles. The van der Waals surface area contributed by atoms with E-state index in [4.69, 9.17) is 5.73 Å². The van der Waals surface area contributed by atoms with Gasteiger partial charge < -0.3 is 26.8 Å². The van der Waals surface area contributed by atoms with Gasteiger partial charge in [0.15, 0.2) is 0 Å². The van der Waals surface area contributed by atoms with Crippen molar-refractivity contribution in [3.63, 3.8) is 0 Å². The molecular formula is C22H34N4O5S. The molecule has 0 heterocycles. The van der Waals surface area contributed by atoms with Gasteiger partial charge in [0.1, 0.15) is 18.1 Å². The first-order valence-electron chi connectivity index (χ1n) is 10.5. The second kappa shape index (κ2) is 13.7. The second-order valence-electron chi connectivity index (χ2n) is 7.95. The smallest absolute Gasteiger partial charge is 0.326 e. The van der Waals surface area contributed by atoms with Crippen molar-refractivity contribution in [2.45, 2.75) is 57.8 Å². The molecule has 178 valence electrons. The fraction of sp³-hybridized carbons (Fsp3) is 0.545. The van der Waals surface area contributed by atoms with E-state index in [0.29, 0.717) is 12.2 Å². The molecule has 0 radical (unpaired) electrons. The van der Waals surface area contributed by atoms with Crippen LogP contribution in [0.2, 0.25) is 0 Å². The van der Waals surface area contributed by atoms with Gasteiger partial charge in [0.05, 0.1) is 6.04 Å². The molecule has 0 saturated heterocycles. The van der Waals surface area contributed by atoms with E-state index in [-0.39, 0.29) is 12.3 Å². The first kappa shape index (κ1) is 27.4. The molecule has 0 aliphatic rings. The molecule has 1 rings (SSSR count). The van der Waals surface area contributed by atoms with Crippen LogP contribution in [0.15, 0.2) is 30.3 Å². The lowest BCUT2D eigenvalue weighted by molar-refractivity contribution is -0.143. The molecule has 9 nitrogen and oxygen atoms in total. The van der Waals surface area contributed by atoms with Crippen LogP contribution >= 0.6 is 11.8 Å². The van der Waals surface area contributed by atoms with Crippen LogP contribution in [0.4, 0.5) is 0 Å². The number of carbonyl (C=O) groups excluding carboxylic acids is 3. The maximum absolute atomic E-state index is 13.0. The van der Waals surface area contributed by atoms with Crippen molar-refractivity contribution in [3.8, 4) is 0 Å². The third-order valence-electron chi connectivity index (χ3n) is 4.80. The van der Waals surface area contributed by atoms with Gasteiger partial charge in [-0.25, -0.2) is 4.79 Å². The number of nitrogens with two attached hydrogens (primary N) is 1. The molecule has 32 heavy (non-hydrogen) atoms. The van der Waals surface area contributed by atoms with E-state index in [9.17, 15) is 24.3 Å². The molecule has 10 heteroatoms. The highest BCUT2D eigenvalue weighted by molar-refractivity contribution is 7.98. The normalized spacial score (nSPS) is 14.7. The summed E-state index contributed by atoms with van der Waals surface area (Å²) in [6, 6.07) is 5.31. The summed E-state index contributed by atoms with van der Waals surface area (Å²) in [5, 5.41) is 17.3. The molecule has 6 N–H and O–H groups in total. The van der Waals surface area contributed by atoms with E-state index in [0.717, 1.165) is 5.56 Å². The zero-order valence-corrected chi connectivity index (χ0v) is 19.8. The minimum Gasteiger partial charge on any atom is -0.480 e. The molecular weight excluding hydrogens is 432 g/mol. The lowest BCUT2D eigenvalue weighted by Gasteiger charge is -2.26. The Morgan fingerprint density at radius 3 is 2.00 bits per heavy atom. The Kier molecular flexibility index (Phi) is 11.8. The van der Waals surface area contributed by atoms with Gasteiger partial charge in [-0.2, -0.15) is 11.8 Å². The van der Waals surface area contributed by atoms with Crippen molar-refractivity contribution in [3.05, 3.63) is 35.9 Å². The Morgan fingerprint density at radius 1 is 0.938 bits per heavy atom. The van der Waals surface area contributed by atoms with Crippen molar-refractivity contribution in [2.75, 3.05) is 12.0 Å². The third kappa shape index (κ3) is 9.27. The monoisotopic (exact) mass is 466 g/mol. The lowest BCUT2D eigenvalue weighted by atomic mass is 10.0.